The Morgan fingerprint density at radius 3 is 2.46 bits per heavy atom. The Labute approximate surface area is 201 Å². The molecule has 3 heterocycles. The summed E-state index contributed by atoms with van der Waals surface area (Å²) >= 11 is -3.08. The minimum atomic E-state index is -4.81. The molecule has 35 heavy (non-hydrogen) atoms. The summed E-state index contributed by atoms with van der Waals surface area (Å²) in [7, 11) is 0. The van der Waals surface area contributed by atoms with Gasteiger partial charge >= 0.3 is 5.51 Å². The van der Waals surface area contributed by atoms with E-state index in [-0.39, 0.29) is 18.9 Å². The van der Waals surface area contributed by atoms with E-state index in [4.69, 9.17) is 15.6 Å². The molecule has 0 amide bonds. The minimum absolute atomic E-state index is 0.0733. The van der Waals surface area contributed by atoms with E-state index in [0.717, 1.165) is 9.87 Å². The van der Waals surface area contributed by atoms with E-state index in [0.29, 0.717) is 41.1 Å². The number of alkyl halides is 3. The van der Waals surface area contributed by atoms with Gasteiger partial charge in [0.15, 0.2) is 17.0 Å². The van der Waals surface area contributed by atoms with Crippen LogP contribution in [0.15, 0.2) is 60.9 Å². The molecule has 1 aliphatic rings. The number of anilines is 1. The number of benzene rings is 2. The number of halogens is 3. The van der Waals surface area contributed by atoms with Crippen molar-refractivity contribution < 1.29 is 22.5 Å². The summed E-state index contributed by atoms with van der Waals surface area (Å²) in [5, 5.41) is 5.21. The average Bonchev–Trinajstić information content (AvgIpc) is 3.25. The van der Waals surface area contributed by atoms with Crippen molar-refractivity contribution in [1.82, 2.24) is 24.1 Å². The number of piperidine rings is 1. The highest BCUT2D eigenvalue weighted by atomic mass is 32.2. The van der Waals surface area contributed by atoms with Gasteiger partial charge in [-0.05, 0) is 49.2 Å². The van der Waals surface area contributed by atoms with Gasteiger partial charge in [0.25, 0.3) is 0 Å². The lowest BCUT2D eigenvalue weighted by atomic mass is 10.1. The second-order valence-electron chi connectivity index (χ2n) is 8.07. The van der Waals surface area contributed by atoms with E-state index < -0.39 is 22.9 Å². The second kappa shape index (κ2) is 9.36. The molecule has 4 aromatic rings. The number of rotatable bonds is 5. The molecule has 0 spiro atoms. The number of nitrogen functional groups attached to an aromatic ring is 1. The average molecular weight is 503 g/mol. The zero-order valence-electron chi connectivity index (χ0n) is 18.4. The predicted octanol–water partition coefficient (Wildman–Crippen LogP) is 4.69. The van der Waals surface area contributed by atoms with Crippen molar-refractivity contribution in [2.75, 3.05) is 18.8 Å². The van der Waals surface area contributed by atoms with E-state index in [1.54, 1.807) is 16.8 Å². The SMILES string of the molecule is Nc1ncnc2c1c(-c1ccc(Oc3ccccc3)cc1)nn2C1CCCN([S+]([O-])C(F)(F)F)C1. The third-order valence-corrected chi connectivity index (χ3v) is 6.96. The number of nitrogens with two attached hydrogens (primary N) is 1. The number of ether oxygens (including phenoxy) is 1. The van der Waals surface area contributed by atoms with Gasteiger partial charge in [0, 0.05) is 12.1 Å². The van der Waals surface area contributed by atoms with Crippen LogP contribution in [0.4, 0.5) is 19.0 Å². The van der Waals surface area contributed by atoms with Crippen LogP contribution >= 0.6 is 0 Å². The summed E-state index contributed by atoms with van der Waals surface area (Å²) in [6.45, 7) is 0.0186. The molecule has 2 aromatic carbocycles. The molecule has 1 aliphatic heterocycles. The minimum Gasteiger partial charge on any atom is -0.591 e. The molecule has 2 N–H and O–H groups in total. The van der Waals surface area contributed by atoms with Gasteiger partial charge in [-0.25, -0.2) is 14.6 Å². The van der Waals surface area contributed by atoms with Crippen LogP contribution in [0.3, 0.4) is 0 Å². The van der Waals surface area contributed by atoms with Crippen LogP contribution in [0.1, 0.15) is 18.9 Å². The van der Waals surface area contributed by atoms with Crippen LogP contribution in [0, 0.1) is 0 Å². The Morgan fingerprint density at radius 1 is 1.03 bits per heavy atom. The van der Waals surface area contributed by atoms with Gasteiger partial charge in [-0.3, -0.25) is 0 Å². The number of fused-ring (bicyclic) bond motifs is 1. The van der Waals surface area contributed by atoms with Crippen LogP contribution in [-0.2, 0) is 11.4 Å². The summed E-state index contributed by atoms with van der Waals surface area (Å²) in [6.07, 6.45) is 2.30. The first-order chi connectivity index (χ1) is 16.8. The number of nitrogens with zero attached hydrogens (tertiary/aromatic N) is 5. The lowest BCUT2D eigenvalue weighted by molar-refractivity contribution is -0.0497. The van der Waals surface area contributed by atoms with E-state index in [9.17, 15) is 17.7 Å². The quantitative estimate of drug-likeness (QED) is 0.395. The van der Waals surface area contributed by atoms with Gasteiger partial charge in [-0.15, -0.1) is 17.5 Å². The maximum atomic E-state index is 13.1. The molecule has 1 fully saturated rings. The van der Waals surface area contributed by atoms with Crippen LogP contribution in [0.25, 0.3) is 22.3 Å². The predicted molar refractivity (Wildman–Crippen MR) is 126 cm³/mol. The number of para-hydroxylation sites is 1. The van der Waals surface area contributed by atoms with Crippen LogP contribution < -0.4 is 10.5 Å². The summed E-state index contributed by atoms with van der Waals surface area (Å²) in [6, 6.07) is 16.1. The molecular weight excluding hydrogens is 481 g/mol. The summed E-state index contributed by atoms with van der Waals surface area (Å²) < 4.78 is 59.4. The first-order valence-corrected chi connectivity index (χ1v) is 12.0. The molecule has 0 aliphatic carbocycles. The Balaban J connectivity index is 1.48. The summed E-state index contributed by atoms with van der Waals surface area (Å²) in [5.41, 5.74) is 3.01. The number of hydrogen-bond donors (Lipinski definition) is 1. The van der Waals surface area contributed by atoms with Gasteiger partial charge in [0.2, 0.25) is 0 Å². The molecule has 0 bridgehead atoms. The highest BCUT2D eigenvalue weighted by molar-refractivity contribution is 7.89. The molecule has 12 heteroatoms. The van der Waals surface area contributed by atoms with Gasteiger partial charge in [0.1, 0.15) is 29.3 Å². The molecule has 0 saturated carbocycles. The fraction of sp³-hybridized carbons (Fsp3) is 0.261. The van der Waals surface area contributed by atoms with Gasteiger partial charge in [-0.2, -0.15) is 5.10 Å². The standard InChI is InChI=1S/C23H21F3N6O2S/c24-23(25,26)35(33)31-12-4-5-16(13-31)32-22-19(21(27)28-14-29-22)20(30-32)15-8-10-18(11-9-15)34-17-6-2-1-3-7-17/h1-3,6-11,14,16H,4-5,12-13H2,(H2,27,28,29). The van der Waals surface area contributed by atoms with Crippen molar-refractivity contribution >= 4 is 28.2 Å². The monoisotopic (exact) mass is 502 g/mol. The van der Waals surface area contributed by atoms with E-state index in [1.165, 1.54) is 6.33 Å². The van der Waals surface area contributed by atoms with Crippen LogP contribution in [-0.4, -0.2) is 47.2 Å². The van der Waals surface area contributed by atoms with E-state index in [2.05, 4.69) is 9.97 Å². The Bertz CT molecular complexity index is 1320. The zero-order valence-corrected chi connectivity index (χ0v) is 19.2. The molecule has 1 saturated heterocycles. The zero-order chi connectivity index (χ0) is 24.6. The topological polar surface area (TPSA) is 105 Å². The number of aromatic nitrogens is 4. The fourth-order valence-corrected chi connectivity index (χ4v) is 5.07. The Hall–Kier alpha value is -3.35. The smallest absolute Gasteiger partial charge is 0.591 e. The third-order valence-electron chi connectivity index (χ3n) is 5.76. The highest BCUT2D eigenvalue weighted by Crippen LogP contribution is 2.36. The van der Waals surface area contributed by atoms with Crippen molar-refractivity contribution in [3.05, 3.63) is 60.9 Å². The summed E-state index contributed by atoms with van der Waals surface area (Å²) in [4.78, 5) is 8.41. The molecule has 5 rings (SSSR count). The molecule has 2 unspecified atom stereocenters. The van der Waals surface area contributed by atoms with Crippen molar-refractivity contribution in [2.24, 2.45) is 0 Å². The lowest BCUT2D eigenvalue weighted by Gasteiger charge is -2.32. The highest BCUT2D eigenvalue weighted by Gasteiger charge is 2.50. The van der Waals surface area contributed by atoms with Gasteiger partial charge in [-0.1, -0.05) is 18.2 Å². The lowest BCUT2D eigenvalue weighted by Crippen LogP contribution is -2.46. The van der Waals surface area contributed by atoms with Crippen LogP contribution in [0.5, 0.6) is 11.5 Å². The summed E-state index contributed by atoms with van der Waals surface area (Å²) in [5.74, 6) is 1.54. The number of hydrogen-bond acceptors (Lipinski definition) is 7. The van der Waals surface area contributed by atoms with E-state index in [1.807, 2.05) is 42.5 Å². The normalized spacial score (nSPS) is 18.0. The fourth-order valence-electron chi connectivity index (χ4n) is 4.18. The van der Waals surface area contributed by atoms with Gasteiger partial charge < -0.3 is 15.0 Å². The van der Waals surface area contributed by atoms with Gasteiger partial charge in [0.05, 0.1) is 18.0 Å². The maximum Gasteiger partial charge on any atom is 0.593 e. The maximum absolute atomic E-state index is 13.1. The Kier molecular flexibility index (Phi) is 6.26. The largest absolute Gasteiger partial charge is 0.593 e. The van der Waals surface area contributed by atoms with Crippen LogP contribution in [0.2, 0.25) is 0 Å². The van der Waals surface area contributed by atoms with E-state index >= 15 is 0 Å². The van der Waals surface area contributed by atoms with Crippen molar-refractivity contribution in [3.63, 3.8) is 0 Å². The van der Waals surface area contributed by atoms with Crippen molar-refractivity contribution in [1.29, 1.82) is 0 Å². The molecule has 2 aromatic heterocycles. The Morgan fingerprint density at radius 2 is 1.74 bits per heavy atom. The van der Waals surface area contributed by atoms with Crippen molar-refractivity contribution in [3.8, 4) is 22.8 Å². The molecule has 8 nitrogen and oxygen atoms in total. The molecule has 0 radical (unpaired) electrons. The molecular formula is C23H21F3N6O2S. The third kappa shape index (κ3) is 4.77. The van der Waals surface area contributed by atoms with Crippen molar-refractivity contribution in [2.45, 2.75) is 24.4 Å². The molecule has 182 valence electrons. The molecule has 2 atom stereocenters. The second-order valence-corrected chi connectivity index (χ2v) is 9.55. The first-order valence-electron chi connectivity index (χ1n) is 10.9. The first kappa shape index (κ1) is 23.4.